The summed E-state index contributed by atoms with van der Waals surface area (Å²) in [5, 5.41) is 9.20. The number of nitrogens with zero attached hydrogens (tertiary/aromatic N) is 2. The van der Waals surface area contributed by atoms with Crippen LogP contribution >= 0.6 is 0 Å². The molecule has 0 unspecified atom stereocenters. The van der Waals surface area contributed by atoms with Crippen LogP contribution in [0.4, 0.5) is 0 Å². The predicted octanol–water partition coefficient (Wildman–Crippen LogP) is 0.879. The average molecular weight is 332 g/mol. The molecule has 0 aliphatic heterocycles. The molecule has 8 nitrogen and oxygen atoms in total. The van der Waals surface area contributed by atoms with Gasteiger partial charge in [-0.3, -0.25) is 4.79 Å². The predicted molar refractivity (Wildman–Crippen MR) is 81.2 cm³/mol. The van der Waals surface area contributed by atoms with Gasteiger partial charge in [0, 0.05) is 6.07 Å². The van der Waals surface area contributed by atoms with Crippen molar-refractivity contribution in [3.63, 3.8) is 0 Å². The lowest BCUT2D eigenvalue weighted by Crippen LogP contribution is -2.13. The van der Waals surface area contributed by atoms with Gasteiger partial charge in [0.1, 0.15) is 5.69 Å². The molecular formula is C14H12N4O4S. The zero-order chi connectivity index (χ0) is 16.6. The van der Waals surface area contributed by atoms with E-state index in [0.29, 0.717) is 17.1 Å². The summed E-state index contributed by atoms with van der Waals surface area (Å²) >= 11 is 0. The third kappa shape index (κ3) is 2.87. The van der Waals surface area contributed by atoms with Crippen molar-refractivity contribution in [2.45, 2.75) is 4.90 Å². The number of primary amides is 1. The Morgan fingerprint density at radius 2 is 1.87 bits per heavy atom. The molecule has 23 heavy (non-hydrogen) atoms. The van der Waals surface area contributed by atoms with Crippen LogP contribution in [0.3, 0.4) is 0 Å². The Kier molecular flexibility index (Phi) is 3.51. The Hall–Kier alpha value is -2.91. The van der Waals surface area contributed by atoms with Gasteiger partial charge in [-0.25, -0.2) is 18.2 Å². The Labute approximate surface area is 131 Å². The molecule has 3 rings (SSSR count). The van der Waals surface area contributed by atoms with E-state index in [-0.39, 0.29) is 10.6 Å². The normalized spacial score (nSPS) is 11.5. The van der Waals surface area contributed by atoms with Crippen LogP contribution in [0.15, 0.2) is 58.0 Å². The highest BCUT2D eigenvalue weighted by Gasteiger charge is 2.17. The summed E-state index contributed by atoms with van der Waals surface area (Å²) in [5.74, 6) is -0.196. The molecule has 1 aromatic carbocycles. The molecule has 0 bridgehead atoms. The lowest BCUT2D eigenvalue weighted by Gasteiger charge is -2.06. The first-order valence-electron chi connectivity index (χ1n) is 6.43. The van der Waals surface area contributed by atoms with E-state index < -0.39 is 15.9 Å². The summed E-state index contributed by atoms with van der Waals surface area (Å²) in [4.78, 5) is 11.3. The molecule has 0 radical (unpaired) electrons. The van der Waals surface area contributed by atoms with Crippen molar-refractivity contribution in [3.8, 4) is 17.1 Å². The minimum absolute atomic E-state index is 0.0249. The molecule has 118 valence electrons. The van der Waals surface area contributed by atoms with Crippen molar-refractivity contribution in [3.05, 3.63) is 54.4 Å². The standard InChI is InChI=1S/C14H12N4O4S/c15-14(19)11-8-12(13-2-1-7-22-13)18(17-11)9-3-5-10(6-4-9)23(16,20)21/h1-8H,(H2,15,19)(H2,16,20,21). The van der Waals surface area contributed by atoms with E-state index in [1.807, 2.05) is 0 Å². The monoisotopic (exact) mass is 332 g/mol. The van der Waals surface area contributed by atoms with E-state index in [2.05, 4.69) is 5.10 Å². The number of primary sulfonamides is 1. The number of benzene rings is 1. The van der Waals surface area contributed by atoms with E-state index in [9.17, 15) is 13.2 Å². The molecule has 0 saturated carbocycles. The number of aromatic nitrogens is 2. The van der Waals surface area contributed by atoms with Crippen molar-refractivity contribution in [2.24, 2.45) is 10.9 Å². The van der Waals surface area contributed by atoms with Crippen molar-refractivity contribution in [1.82, 2.24) is 9.78 Å². The highest BCUT2D eigenvalue weighted by Crippen LogP contribution is 2.25. The first kappa shape index (κ1) is 15.0. The van der Waals surface area contributed by atoms with Gasteiger partial charge in [-0.1, -0.05) is 0 Å². The number of nitrogens with two attached hydrogens (primary N) is 2. The molecule has 0 saturated heterocycles. The van der Waals surface area contributed by atoms with Crippen LogP contribution in [-0.4, -0.2) is 24.1 Å². The Balaban J connectivity index is 2.14. The van der Waals surface area contributed by atoms with Crippen LogP contribution in [0.25, 0.3) is 17.1 Å². The van der Waals surface area contributed by atoms with E-state index in [1.165, 1.54) is 41.3 Å². The summed E-state index contributed by atoms with van der Waals surface area (Å²) in [5.41, 5.74) is 6.36. The Bertz CT molecular complexity index is 957. The fourth-order valence-electron chi connectivity index (χ4n) is 2.08. The number of hydrogen-bond acceptors (Lipinski definition) is 5. The van der Waals surface area contributed by atoms with Gasteiger partial charge < -0.3 is 10.2 Å². The van der Waals surface area contributed by atoms with Gasteiger partial charge in [0.25, 0.3) is 5.91 Å². The molecule has 0 fully saturated rings. The van der Waals surface area contributed by atoms with Gasteiger partial charge in [-0.2, -0.15) is 5.10 Å². The van der Waals surface area contributed by atoms with Crippen molar-refractivity contribution < 1.29 is 17.6 Å². The number of furan rings is 1. The summed E-state index contributed by atoms with van der Waals surface area (Å²) in [6.07, 6.45) is 1.49. The van der Waals surface area contributed by atoms with E-state index in [4.69, 9.17) is 15.3 Å². The maximum atomic E-state index is 11.4. The second kappa shape index (κ2) is 5.38. The van der Waals surface area contributed by atoms with Gasteiger partial charge >= 0.3 is 0 Å². The third-order valence-corrected chi connectivity index (χ3v) is 4.07. The second-order valence-corrected chi connectivity index (χ2v) is 6.27. The minimum Gasteiger partial charge on any atom is -0.463 e. The highest BCUT2D eigenvalue weighted by atomic mass is 32.2. The molecule has 9 heteroatoms. The molecular weight excluding hydrogens is 320 g/mol. The molecule has 1 amide bonds. The maximum Gasteiger partial charge on any atom is 0.269 e. The molecule has 3 aromatic rings. The van der Waals surface area contributed by atoms with Gasteiger partial charge in [0.15, 0.2) is 11.5 Å². The molecule has 4 N–H and O–H groups in total. The van der Waals surface area contributed by atoms with Gasteiger partial charge in [-0.05, 0) is 36.4 Å². The minimum atomic E-state index is -3.79. The number of hydrogen-bond donors (Lipinski definition) is 2. The first-order chi connectivity index (χ1) is 10.9. The van der Waals surface area contributed by atoms with Gasteiger partial charge in [0.2, 0.25) is 10.0 Å². The molecule has 0 aliphatic rings. The molecule has 2 heterocycles. The van der Waals surface area contributed by atoms with Gasteiger partial charge in [-0.15, -0.1) is 0 Å². The molecule has 0 atom stereocenters. The van der Waals surface area contributed by atoms with Crippen LogP contribution in [0.5, 0.6) is 0 Å². The third-order valence-electron chi connectivity index (χ3n) is 3.15. The zero-order valence-corrected chi connectivity index (χ0v) is 12.5. The SMILES string of the molecule is NC(=O)c1cc(-c2ccco2)n(-c2ccc(S(N)(=O)=O)cc2)n1. The number of sulfonamides is 1. The lowest BCUT2D eigenvalue weighted by molar-refractivity contribution is 0.0995. The maximum absolute atomic E-state index is 11.4. The number of amides is 1. The van der Waals surface area contributed by atoms with Crippen LogP contribution in [0.2, 0.25) is 0 Å². The van der Waals surface area contributed by atoms with E-state index in [0.717, 1.165) is 0 Å². The fourth-order valence-corrected chi connectivity index (χ4v) is 2.59. The molecule has 2 aromatic heterocycles. The van der Waals surface area contributed by atoms with Crippen LogP contribution in [-0.2, 0) is 10.0 Å². The first-order valence-corrected chi connectivity index (χ1v) is 7.98. The fraction of sp³-hybridized carbons (Fsp3) is 0. The second-order valence-electron chi connectivity index (χ2n) is 4.71. The zero-order valence-electron chi connectivity index (χ0n) is 11.7. The van der Waals surface area contributed by atoms with Crippen LogP contribution in [0, 0.1) is 0 Å². The van der Waals surface area contributed by atoms with Crippen LogP contribution in [0.1, 0.15) is 10.5 Å². The summed E-state index contributed by atoms with van der Waals surface area (Å²) in [6, 6.07) is 10.6. The number of carbonyl (C=O) groups is 1. The van der Waals surface area contributed by atoms with E-state index in [1.54, 1.807) is 12.1 Å². The lowest BCUT2D eigenvalue weighted by atomic mass is 10.2. The van der Waals surface area contributed by atoms with Gasteiger partial charge in [0.05, 0.1) is 16.8 Å². The highest BCUT2D eigenvalue weighted by molar-refractivity contribution is 7.89. The topological polar surface area (TPSA) is 134 Å². The number of carbonyl (C=O) groups excluding carboxylic acids is 1. The summed E-state index contributed by atoms with van der Waals surface area (Å²) in [7, 11) is -3.79. The Morgan fingerprint density at radius 1 is 1.17 bits per heavy atom. The number of rotatable bonds is 4. The van der Waals surface area contributed by atoms with E-state index >= 15 is 0 Å². The largest absolute Gasteiger partial charge is 0.463 e. The Morgan fingerprint density at radius 3 is 2.39 bits per heavy atom. The quantitative estimate of drug-likeness (QED) is 0.731. The molecule has 0 spiro atoms. The van der Waals surface area contributed by atoms with Crippen molar-refractivity contribution >= 4 is 15.9 Å². The average Bonchev–Trinajstić information content (AvgIpc) is 3.15. The summed E-state index contributed by atoms with van der Waals surface area (Å²) < 4.78 is 29.4. The molecule has 0 aliphatic carbocycles. The van der Waals surface area contributed by atoms with Crippen LogP contribution < -0.4 is 10.9 Å². The summed E-state index contributed by atoms with van der Waals surface area (Å²) in [6.45, 7) is 0. The van der Waals surface area contributed by atoms with Crippen molar-refractivity contribution in [1.29, 1.82) is 0 Å². The smallest absolute Gasteiger partial charge is 0.269 e. The van der Waals surface area contributed by atoms with Crippen molar-refractivity contribution in [2.75, 3.05) is 0 Å².